The van der Waals surface area contributed by atoms with Crippen molar-refractivity contribution in [1.29, 1.82) is 0 Å². The first-order valence-corrected chi connectivity index (χ1v) is 6.25. The van der Waals surface area contributed by atoms with E-state index >= 15 is 0 Å². The highest BCUT2D eigenvalue weighted by Crippen LogP contribution is 2.25. The lowest BCUT2D eigenvalue weighted by Crippen LogP contribution is -2.21. The maximum absolute atomic E-state index is 12.0. The second kappa shape index (κ2) is 5.50. The molecule has 1 heterocycles. The zero-order valence-electron chi connectivity index (χ0n) is 11.3. The highest BCUT2D eigenvalue weighted by Gasteiger charge is 2.22. The fraction of sp³-hybridized carbons (Fsp3) is 0.643. The van der Waals surface area contributed by atoms with E-state index in [0.717, 1.165) is 5.76 Å². The molecule has 0 saturated carbocycles. The van der Waals surface area contributed by atoms with Crippen LogP contribution in [-0.4, -0.2) is 11.2 Å². The summed E-state index contributed by atoms with van der Waals surface area (Å²) in [6.07, 6.45) is 0.882. The second-order valence-electron chi connectivity index (χ2n) is 4.59. The molecule has 1 aromatic rings. The Bertz CT molecular complexity index is 446. The van der Waals surface area contributed by atoms with Crippen LogP contribution in [0.15, 0.2) is 9.21 Å². The van der Waals surface area contributed by atoms with E-state index < -0.39 is 6.10 Å². The Kier molecular flexibility index (Phi) is 4.52. The Morgan fingerprint density at radius 2 is 1.82 bits per heavy atom. The van der Waals surface area contributed by atoms with Crippen LogP contribution in [0.3, 0.4) is 0 Å². The molecular formula is C14H22O3. The van der Waals surface area contributed by atoms with Crippen molar-refractivity contribution in [2.24, 2.45) is 0 Å². The molecule has 3 heteroatoms. The molecule has 3 nitrogen and oxygen atoms in total. The largest absolute Gasteiger partial charge is 0.465 e. The minimum absolute atomic E-state index is 0.0400. The van der Waals surface area contributed by atoms with E-state index in [1.54, 1.807) is 13.8 Å². The molecule has 0 aliphatic rings. The Balaban J connectivity index is 3.35. The maximum atomic E-state index is 12.0. The zero-order chi connectivity index (χ0) is 13.2. The maximum Gasteiger partial charge on any atom is 0.191 e. The van der Waals surface area contributed by atoms with Crippen LogP contribution in [0.5, 0.6) is 0 Å². The Hall–Kier alpha value is -1.09. The normalized spacial score (nSPS) is 14.7. The summed E-state index contributed by atoms with van der Waals surface area (Å²) in [5, 5.41) is 9.87. The fourth-order valence-electron chi connectivity index (χ4n) is 2.11. The predicted molar refractivity (Wildman–Crippen MR) is 68.5 cm³/mol. The first kappa shape index (κ1) is 14.0. The molecule has 0 amide bonds. The first-order valence-electron chi connectivity index (χ1n) is 6.25. The van der Waals surface area contributed by atoms with Crippen LogP contribution in [-0.2, 0) is 6.42 Å². The third-order valence-corrected chi connectivity index (χ3v) is 3.43. The monoisotopic (exact) mass is 238 g/mol. The molecule has 0 radical (unpaired) electrons. The second-order valence-corrected chi connectivity index (χ2v) is 4.59. The molecular weight excluding hydrogens is 216 g/mol. The summed E-state index contributed by atoms with van der Waals surface area (Å²) in [7, 11) is 0. The zero-order valence-corrected chi connectivity index (χ0v) is 11.3. The topological polar surface area (TPSA) is 50.4 Å². The van der Waals surface area contributed by atoms with Crippen LogP contribution in [0.2, 0.25) is 0 Å². The lowest BCUT2D eigenvalue weighted by Gasteiger charge is -2.19. The predicted octanol–water partition coefficient (Wildman–Crippen LogP) is 2.69. The van der Waals surface area contributed by atoms with Gasteiger partial charge in [-0.25, -0.2) is 0 Å². The molecule has 0 saturated heterocycles. The van der Waals surface area contributed by atoms with Crippen LogP contribution in [0.1, 0.15) is 55.8 Å². The van der Waals surface area contributed by atoms with Crippen molar-refractivity contribution >= 4 is 0 Å². The molecule has 17 heavy (non-hydrogen) atoms. The van der Waals surface area contributed by atoms with Gasteiger partial charge < -0.3 is 9.52 Å². The molecule has 0 aliphatic carbocycles. The van der Waals surface area contributed by atoms with E-state index in [0.29, 0.717) is 29.7 Å². The number of aliphatic hydroxyl groups is 1. The number of hydrogen-bond donors (Lipinski definition) is 1. The van der Waals surface area contributed by atoms with E-state index in [-0.39, 0.29) is 11.3 Å². The number of rotatable bonds is 4. The molecule has 0 spiro atoms. The van der Waals surface area contributed by atoms with Crippen molar-refractivity contribution in [3.8, 4) is 0 Å². The van der Waals surface area contributed by atoms with Gasteiger partial charge in [0.05, 0.1) is 6.10 Å². The van der Waals surface area contributed by atoms with Gasteiger partial charge in [0.25, 0.3) is 0 Å². The quantitative estimate of drug-likeness (QED) is 0.877. The van der Waals surface area contributed by atoms with Gasteiger partial charge in [0, 0.05) is 23.5 Å². The molecule has 1 aromatic heterocycles. The summed E-state index contributed by atoms with van der Waals surface area (Å²) in [5.74, 6) is 1.22. The van der Waals surface area contributed by atoms with Crippen LogP contribution in [0.25, 0.3) is 0 Å². The highest BCUT2D eigenvalue weighted by atomic mass is 16.3. The van der Waals surface area contributed by atoms with E-state index in [2.05, 4.69) is 0 Å². The van der Waals surface area contributed by atoms with Gasteiger partial charge in [-0.1, -0.05) is 20.8 Å². The van der Waals surface area contributed by atoms with Crippen molar-refractivity contribution in [2.45, 2.75) is 59.5 Å². The van der Waals surface area contributed by atoms with Gasteiger partial charge in [-0.3, -0.25) is 4.79 Å². The van der Waals surface area contributed by atoms with Gasteiger partial charge in [-0.05, 0) is 20.3 Å². The average Bonchev–Trinajstić information content (AvgIpc) is 2.34. The molecule has 0 aromatic carbocycles. The molecule has 1 N–H and O–H groups in total. The van der Waals surface area contributed by atoms with E-state index in [4.69, 9.17) is 4.42 Å². The van der Waals surface area contributed by atoms with E-state index in [1.165, 1.54) is 0 Å². The number of hydrogen-bond acceptors (Lipinski definition) is 3. The van der Waals surface area contributed by atoms with Crippen molar-refractivity contribution in [3.05, 3.63) is 32.9 Å². The van der Waals surface area contributed by atoms with Crippen molar-refractivity contribution in [2.75, 3.05) is 0 Å². The van der Waals surface area contributed by atoms with Crippen molar-refractivity contribution < 1.29 is 9.52 Å². The van der Waals surface area contributed by atoms with Gasteiger partial charge in [0.2, 0.25) is 0 Å². The van der Waals surface area contributed by atoms with Gasteiger partial charge in [-0.15, -0.1) is 0 Å². The summed E-state index contributed by atoms with van der Waals surface area (Å²) in [6.45, 7) is 9.35. The Morgan fingerprint density at radius 1 is 1.24 bits per heavy atom. The highest BCUT2D eigenvalue weighted by molar-refractivity contribution is 5.28. The average molecular weight is 238 g/mol. The van der Waals surface area contributed by atoms with E-state index in [9.17, 15) is 9.90 Å². The number of aliphatic hydroxyl groups excluding tert-OH is 1. The van der Waals surface area contributed by atoms with Crippen molar-refractivity contribution in [1.82, 2.24) is 0 Å². The molecule has 2 atom stereocenters. The lowest BCUT2D eigenvalue weighted by molar-refractivity contribution is 0.133. The fourth-order valence-corrected chi connectivity index (χ4v) is 2.11. The molecule has 96 valence electrons. The van der Waals surface area contributed by atoms with Gasteiger partial charge in [0.1, 0.15) is 11.5 Å². The van der Waals surface area contributed by atoms with Gasteiger partial charge in [0.15, 0.2) is 5.43 Å². The standard InChI is InChI=1S/C14H22O3/c1-6-11(15)8(3)14-10(5)13(16)9(4)12(7-2)17-14/h8,11,15H,6-7H2,1-5H3. The minimum Gasteiger partial charge on any atom is -0.465 e. The Labute approximate surface area is 102 Å². The summed E-state index contributed by atoms with van der Waals surface area (Å²) in [6, 6.07) is 0. The molecule has 0 bridgehead atoms. The first-order chi connectivity index (χ1) is 7.93. The molecule has 2 unspecified atom stereocenters. The van der Waals surface area contributed by atoms with Gasteiger partial charge >= 0.3 is 0 Å². The van der Waals surface area contributed by atoms with Gasteiger partial charge in [-0.2, -0.15) is 0 Å². The third-order valence-electron chi connectivity index (χ3n) is 3.43. The molecule has 0 aliphatic heterocycles. The summed E-state index contributed by atoms with van der Waals surface area (Å²) in [4.78, 5) is 12.0. The van der Waals surface area contributed by atoms with Crippen LogP contribution < -0.4 is 5.43 Å². The Morgan fingerprint density at radius 3 is 2.29 bits per heavy atom. The summed E-state index contributed by atoms with van der Waals surface area (Å²) >= 11 is 0. The lowest BCUT2D eigenvalue weighted by atomic mass is 9.95. The molecule has 1 rings (SSSR count). The SMILES string of the molecule is CCc1oc(C(C)C(O)CC)c(C)c(=O)c1C. The van der Waals surface area contributed by atoms with E-state index in [1.807, 2.05) is 20.8 Å². The smallest absolute Gasteiger partial charge is 0.191 e. The van der Waals surface area contributed by atoms with Crippen LogP contribution >= 0.6 is 0 Å². The number of aryl methyl sites for hydroxylation is 1. The third kappa shape index (κ3) is 2.60. The van der Waals surface area contributed by atoms with Crippen molar-refractivity contribution in [3.63, 3.8) is 0 Å². The molecule has 0 fully saturated rings. The van der Waals surface area contributed by atoms with Crippen LogP contribution in [0.4, 0.5) is 0 Å². The van der Waals surface area contributed by atoms with Crippen LogP contribution in [0, 0.1) is 13.8 Å². The minimum atomic E-state index is -0.468. The summed E-state index contributed by atoms with van der Waals surface area (Å²) in [5.41, 5.74) is 1.35. The summed E-state index contributed by atoms with van der Waals surface area (Å²) < 4.78 is 5.79.